The quantitative estimate of drug-likeness (QED) is 0.594. The average Bonchev–Trinajstić information content (AvgIpc) is 2.95. The van der Waals surface area contributed by atoms with Crippen LogP contribution in [0.3, 0.4) is 0 Å². The zero-order valence-corrected chi connectivity index (χ0v) is 10.6. The molecule has 0 saturated carbocycles. The normalized spacial score (nSPS) is 18.8. The van der Waals surface area contributed by atoms with Crippen molar-refractivity contribution in [3.63, 3.8) is 0 Å². The number of hydrogen-bond donors (Lipinski definition) is 0. The number of carbonyl (C=O) groups excluding carboxylic acids is 2. The number of amides is 1. The number of hydrogen-bond acceptors (Lipinski definition) is 6. The molecule has 1 aliphatic heterocycles. The Kier molecular flexibility index (Phi) is 3.58. The second-order valence-corrected chi connectivity index (χ2v) is 4.64. The Morgan fingerprint density at radius 2 is 2.44 bits per heavy atom. The first-order chi connectivity index (χ1) is 8.65. The first-order valence-electron chi connectivity index (χ1n) is 5.42. The van der Waals surface area contributed by atoms with Gasteiger partial charge in [-0.2, -0.15) is 0 Å². The molecular formula is C11H11N3O3S. The number of terminal acetylenes is 1. The number of carbonyl (C=O) groups is 2. The Balaban J connectivity index is 2.14. The highest BCUT2D eigenvalue weighted by atomic mass is 32.1. The molecule has 1 aromatic rings. The summed E-state index contributed by atoms with van der Waals surface area (Å²) in [5.41, 5.74) is 0. The van der Waals surface area contributed by atoms with E-state index < -0.39 is 5.97 Å². The van der Waals surface area contributed by atoms with E-state index in [1.54, 1.807) is 6.92 Å². The van der Waals surface area contributed by atoms with E-state index in [2.05, 4.69) is 16.1 Å². The van der Waals surface area contributed by atoms with Crippen molar-refractivity contribution in [2.45, 2.75) is 13.3 Å². The van der Waals surface area contributed by atoms with Gasteiger partial charge >= 0.3 is 5.97 Å². The van der Waals surface area contributed by atoms with Crippen LogP contribution in [0, 0.1) is 18.3 Å². The molecule has 1 aromatic heterocycles. The molecular weight excluding hydrogens is 254 g/mol. The molecule has 2 heterocycles. The van der Waals surface area contributed by atoms with Gasteiger partial charge in [-0.1, -0.05) is 11.3 Å². The van der Waals surface area contributed by atoms with Crippen LogP contribution in [-0.4, -0.2) is 35.2 Å². The molecule has 1 saturated heterocycles. The summed E-state index contributed by atoms with van der Waals surface area (Å²) in [5.74, 6) is 1.82. The number of ether oxygens (including phenoxy) is 1. The van der Waals surface area contributed by atoms with E-state index in [1.165, 1.54) is 4.90 Å². The average molecular weight is 265 g/mol. The lowest BCUT2D eigenvalue weighted by Crippen LogP contribution is -2.24. The predicted molar refractivity (Wildman–Crippen MR) is 65.2 cm³/mol. The van der Waals surface area contributed by atoms with Crippen LogP contribution in [0.2, 0.25) is 0 Å². The lowest BCUT2D eigenvalue weighted by molar-refractivity contribution is -0.117. The molecule has 18 heavy (non-hydrogen) atoms. The third-order valence-corrected chi connectivity index (χ3v) is 3.38. The second-order valence-electron chi connectivity index (χ2n) is 3.68. The lowest BCUT2D eigenvalue weighted by Gasteiger charge is -2.09. The fraction of sp³-hybridized carbons (Fsp3) is 0.455. The maximum Gasteiger partial charge on any atom is 0.369 e. The summed E-state index contributed by atoms with van der Waals surface area (Å²) in [6.45, 7) is 2.41. The van der Waals surface area contributed by atoms with E-state index in [0.717, 1.165) is 11.3 Å². The molecule has 6 nitrogen and oxygen atoms in total. The Morgan fingerprint density at radius 1 is 1.67 bits per heavy atom. The van der Waals surface area contributed by atoms with Crippen LogP contribution in [0.4, 0.5) is 5.13 Å². The first-order valence-corrected chi connectivity index (χ1v) is 6.24. The molecule has 0 spiro atoms. The van der Waals surface area contributed by atoms with Crippen molar-refractivity contribution < 1.29 is 14.3 Å². The zero-order chi connectivity index (χ0) is 13.1. The van der Waals surface area contributed by atoms with Gasteiger partial charge in [-0.05, 0) is 6.92 Å². The number of nitrogens with zero attached hydrogens (tertiary/aromatic N) is 3. The van der Waals surface area contributed by atoms with Crippen LogP contribution in [-0.2, 0) is 9.53 Å². The van der Waals surface area contributed by atoms with Gasteiger partial charge in [-0.25, -0.2) is 4.79 Å². The van der Waals surface area contributed by atoms with Gasteiger partial charge in [0, 0.05) is 18.9 Å². The van der Waals surface area contributed by atoms with Crippen LogP contribution in [0.25, 0.3) is 0 Å². The largest absolute Gasteiger partial charge is 0.461 e. The van der Waals surface area contributed by atoms with E-state index in [-0.39, 0.29) is 23.4 Å². The van der Waals surface area contributed by atoms with E-state index in [0.29, 0.717) is 18.1 Å². The Bertz CT molecular complexity index is 520. The summed E-state index contributed by atoms with van der Waals surface area (Å²) in [4.78, 5) is 24.6. The maximum absolute atomic E-state index is 11.7. The number of aromatic nitrogens is 2. The monoisotopic (exact) mass is 265 g/mol. The molecule has 1 aliphatic rings. The molecule has 0 aromatic carbocycles. The van der Waals surface area contributed by atoms with Gasteiger partial charge in [-0.3, -0.25) is 9.69 Å². The molecule has 2 rings (SSSR count). The SMILES string of the molecule is C#CC1CC(=O)N(c2nnc(C(=O)OCC)s2)C1. The third kappa shape index (κ3) is 2.33. The lowest BCUT2D eigenvalue weighted by atomic mass is 10.1. The topological polar surface area (TPSA) is 72.4 Å². The first kappa shape index (κ1) is 12.5. The molecule has 0 bridgehead atoms. The predicted octanol–water partition coefficient (Wildman–Crippen LogP) is 0.701. The Hall–Kier alpha value is -1.94. The van der Waals surface area contributed by atoms with Gasteiger partial charge in [0.25, 0.3) is 0 Å². The second kappa shape index (κ2) is 5.14. The summed E-state index contributed by atoms with van der Waals surface area (Å²) < 4.78 is 4.81. The van der Waals surface area contributed by atoms with Crippen molar-refractivity contribution in [3.8, 4) is 12.3 Å². The van der Waals surface area contributed by atoms with Crippen LogP contribution < -0.4 is 4.90 Å². The highest BCUT2D eigenvalue weighted by Crippen LogP contribution is 2.27. The number of esters is 1. The fourth-order valence-corrected chi connectivity index (χ4v) is 2.37. The molecule has 1 amide bonds. The van der Waals surface area contributed by atoms with Crippen LogP contribution in [0.15, 0.2) is 0 Å². The molecule has 0 aliphatic carbocycles. The highest BCUT2D eigenvalue weighted by molar-refractivity contribution is 7.17. The van der Waals surface area contributed by atoms with Gasteiger partial charge < -0.3 is 4.74 Å². The fourth-order valence-electron chi connectivity index (χ4n) is 1.60. The standard InChI is InChI=1S/C11H11N3O3S/c1-3-7-5-8(15)14(6-7)11-13-12-9(18-11)10(16)17-4-2/h1,7H,4-6H2,2H3. The van der Waals surface area contributed by atoms with E-state index in [1.807, 2.05) is 0 Å². The molecule has 0 radical (unpaired) electrons. The molecule has 0 N–H and O–H groups in total. The van der Waals surface area contributed by atoms with Gasteiger partial charge in [0.2, 0.25) is 16.0 Å². The minimum atomic E-state index is -0.526. The van der Waals surface area contributed by atoms with Crippen molar-refractivity contribution in [2.75, 3.05) is 18.1 Å². The smallest absolute Gasteiger partial charge is 0.369 e. The minimum Gasteiger partial charge on any atom is -0.461 e. The van der Waals surface area contributed by atoms with Crippen molar-refractivity contribution in [2.24, 2.45) is 5.92 Å². The molecule has 7 heteroatoms. The van der Waals surface area contributed by atoms with Crippen LogP contribution in [0.5, 0.6) is 0 Å². The van der Waals surface area contributed by atoms with Crippen LogP contribution in [0.1, 0.15) is 23.1 Å². The van der Waals surface area contributed by atoms with E-state index >= 15 is 0 Å². The Labute approximate surface area is 108 Å². The van der Waals surface area contributed by atoms with Gasteiger partial charge in [0.1, 0.15) is 0 Å². The number of rotatable bonds is 3. The Morgan fingerprint density at radius 3 is 3.06 bits per heavy atom. The third-order valence-electron chi connectivity index (χ3n) is 2.46. The maximum atomic E-state index is 11.7. The van der Waals surface area contributed by atoms with Crippen molar-refractivity contribution >= 4 is 28.3 Å². The number of anilines is 1. The highest BCUT2D eigenvalue weighted by Gasteiger charge is 2.32. The summed E-state index contributed by atoms with van der Waals surface area (Å²) >= 11 is 1.03. The van der Waals surface area contributed by atoms with Gasteiger partial charge in [0.15, 0.2) is 0 Å². The van der Waals surface area contributed by atoms with E-state index in [4.69, 9.17) is 11.2 Å². The molecule has 1 unspecified atom stereocenters. The molecule has 1 fully saturated rings. The van der Waals surface area contributed by atoms with Gasteiger partial charge in [0.05, 0.1) is 6.61 Å². The summed E-state index contributed by atoms with van der Waals surface area (Å²) in [6.07, 6.45) is 5.60. The van der Waals surface area contributed by atoms with Crippen molar-refractivity contribution in [3.05, 3.63) is 5.01 Å². The minimum absolute atomic E-state index is 0.0930. The van der Waals surface area contributed by atoms with Crippen molar-refractivity contribution in [1.29, 1.82) is 0 Å². The van der Waals surface area contributed by atoms with Crippen LogP contribution >= 0.6 is 11.3 Å². The molecule has 94 valence electrons. The van der Waals surface area contributed by atoms with Crippen molar-refractivity contribution in [1.82, 2.24) is 10.2 Å². The van der Waals surface area contributed by atoms with Gasteiger partial charge in [-0.15, -0.1) is 22.5 Å². The summed E-state index contributed by atoms with van der Waals surface area (Å²) in [7, 11) is 0. The summed E-state index contributed by atoms with van der Waals surface area (Å²) in [5, 5.41) is 8.07. The molecule has 1 atom stereocenters. The zero-order valence-electron chi connectivity index (χ0n) is 9.75. The summed E-state index contributed by atoms with van der Waals surface area (Å²) in [6, 6.07) is 0. The van der Waals surface area contributed by atoms with E-state index in [9.17, 15) is 9.59 Å².